The Hall–Kier alpha value is -2.30. The van der Waals surface area contributed by atoms with Gasteiger partial charge in [-0.3, -0.25) is 9.59 Å². The molecule has 0 spiro atoms. The number of aromatic hydroxyl groups is 1. The van der Waals surface area contributed by atoms with Gasteiger partial charge < -0.3 is 15.2 Å². The third kappa shape index (κ3) is 4.76. The molecule has 0 unspecified atom stereocenters. The molecule has 0 heterocycles. The number of aldehydes is 1. The molecule has 0 bridgehead atoms. The van der Waals surface area contributed by atoms with E-state index in [0.29, 0.717) is 42.7 Å². The second kappa shape index (κ2) is 7.99. The van der Waals surface area contributed by atoms with E-state index in [-0.39, 0.29) is 11.7 Å². The van der Waals surface area contributed by atoms with E-state index in [4.69, 9.17) is 4.74 Å². The molecule has 1 aromatic carbocycles. The summed E-state index contributed by atoms with van der Waals surface area (Å²) < 4.78 is 5.28. The lowest BCUT2D eigenvalue weighted by Gasteiger charge is -2.09. The molecule has 2 N–H and O–H groups in total. The zero-order valence-corrected chi connectivity index (χ0v) is 11.7. The highest BCUT2D eigenvalue weighted by Crippen LogP contribution is 2.32. The minimum Gasteiger partial charge on any atom is -0.504 e. The molecule has 1 aromatic rings. The van der Waals surface area contributed by atoms with Crippen LogP contribution in [-0.4, -0.2) is 30.5 Å². The summed E-state index contributed by atoms with van der Waals surface area (Å²) in [5, 5.41) is 12.7. The SMILES string of the molecule is CCOc1cc(C=O)cc(C=CCCNC(C)=O)c1O. The first-order chi connectivity index (χ1) is 9.58. The third-order valence-electron chi connectivity index (χ3n) is 2.55. The van der Waals surface area contributed by atoms with Gasteiger partial charge in [0.15, 0.2) is 11.5 Å². The number of hydrogen-bond donors (Lipinski definition) is 2. The molecule has 0 aliphatic rings. The molecule has 0 saturated carbocycles. The summed E-state index contributed by atoms with van der Waals surface area (Å²) in [6.07, 6.45) is 4.85. The van der Waals surface area contributed by atoms with E-state index >= 15 is 0 Å². The normalized spacial score (nSPS) is 10.5. The van der Waals surface area contributed by atoms with Crippen LogP contribution in [0.2, 0.25) is 0 Å². The van der Waals surface area contributed by atoms with Crippen LogP contribution >= 0.6 is 0 Å². The number of phenolic OH excluding ortho intramolecular Hbond substituents is 1. The number of rotatable bonds is 7. The lowest BCUT2D eigenvalue weighted by molar-refractivity contribution is -0.118. The summed E-state index contributed by atoms with van der Waals surface area (Å²) in [6.45, 7) is 4.19. The van der Waals surface area contributed by atoms with Crippen molar-refractivity contribution in [1.29, 1.82) is 0 Å². The molecule has 0 atom stereocenters. The zero-order chi connectivity index (χ0) is 15.0. The van der Waals surface area contributed by atoms with Crippen LogP contribution in [0.3, 0.4) is 0 Å². The molecule has 5 nitrogen and oxygen atoms in total. The first-order valence-corrected chi connectivity index (χ1v) is 6.44. The lowest BCUT2D eigenvalue weighted by Crippen LogP contribution is -2.20. The quantitative estimate of drug-likeness (QED) is 0.591. The first kappa shape index (κ1) is 15.8. The van der Waals surface area contributed by atoms with Gasteiger partial charge in [-0.1, -0.05) is 12.2 Å². The number of hydrogen-bond acceptors (Lipinski definition) is 4. The summed E-state index contributed by atoms with van der Waals surface area (Å²) in [5.74, 6) is 0.217. The summed E-state index contributed by atoms with van der Waals surface area (Å²) >= 11 is 0. The average Bonchev–Trinajstić information content (AvgIpc) is 2.42. The molecule has 20 heavy (non-hydrogen) atoms. The van der Waals surface area contributed by atoms with Gasteiger partial charge >= 0.3 is 0 Å². The Bertz CT molecular complexity index is 509. The van der Waals surface area contributed by atoms with Crippen LogP contribution in [0.4, 0.5) is 0 Å². The van der Waals surface area contributed by atoms with Crippen molar-refractivity contribution in [3.05, 3.63) is 29.3 Å². The zero-order valence-electron chi connectivity index (χ0n) is 11.7. The van der Waals surface area contributed by atoms with Crippen molar-refractivity contribution in [2.24, 2.45) is 0 Å². The smallest absolute Gasteiger partial charge is 0.216 e. The van der Waals surface area contributed by atoms with Crippen LogP contribution in [0.5, 0.6) is 11.5 Å². The summed E-state index contributed by atoms with van der Waals surface area (Å²) in [7, 11) is 0. The number of carbonyl (C=O) groups excluding carboxylic acids is 2. The maximum Gasteiger partial charge on any atom is 0.216 e. The Labute approximate surface area is 118 Å². The third-order valence-corrected chi connectivity index (χ3v) is 2.55. The second-order valence-corrected chi connectivity index (χ2v) is 4.18. The van der Waals surface area contributed by atoms with E-state index in [9.17, 15) is 14.7 Å². The molecule has 1 amide bonds. The molecular formula is C15H19NO4. The monoisotopic (exact) mass is 277 g/mol. The highest BCUT2D eigenvalue weighted by Gasteiger charge is 2.08. The van der Waals surface area contributed by atoms with Crippen LogP contribution in [0.1, 0.15) is 36.2 Å². The van der Waals surface area contributed by atoms with E-state index in [1.807, 2.05) is 6.08 Å². The van der Waals surface area contributed by atoms with E-state index < -0.39 is 0 Å². The molecule has 0 aromatic heterocycles. The number of amides is 1. The van der Waals surface area contributed by atoms with Gasteiger partial charge in [-0.15, -0.1) is 0 Å². The van der Waals surface area contributed by atoms with Crippen molar-refractivity contribution in [2.45, 2.75) is 20.3 Å². The van der Waals surface area contributed by atoms with Gasteiger partial charge in [-0.05, 0) is 25.5 Å². The van der Waals surface area contributed by atoms with Crippen molar-refractivity contribution < 1.29 is 19.4 Å². The average molecular weight is 277 g/mol. The molecule has 0 aliphatic carbocycles. The molecule has 0 aliphatic heterocycles. The molecule has 0 fully saturated rings. The Kier molecular flexibility index (Phi) is 6.29. The Morgan fingerprint density at radius 2 is 2.20 bits per heavy atom. The molecule has 1 rings (SSSR count). The van der Waals surface area contributed by atoms with E-state index in [1.54, 1.807) is 19.1 Å². The van der Waals surface area contributed by atoms with Crippen molar-refractivity contribution >= 4 is 18.3 Å². The number of benzene rings is 1. The largest absolute Gasteiger partial charge is 0.504 e. The standard InChI is InChI=1S/C15H19NO4/c1-3-20-14-9-12(10-17)8-13(15(14)19)6-4-5-7-16-11(2)18/h4,6,8-10,19H,3,5,7H2,1-2H3,(H,16,18). The van der Waals surface area contributed by atoms with Crippen molar-refractivity contribution in [3.8, 4) is 11.5 Å². The minimum absolute atomic E-state index is 0.00762. The van der Waals surface area contributed by atoms with Gasteiger partial charge in [0.2, 0.25) is 5.91 Å². The summed E-state index contributed by atoms with van der Waals surface area (Å²) in [6, 6.07) is 3.08. The van der Waals surface area contributed by atoms with E-state index in [2.05, 4.69) is 5.32 Å². The topological polar surface area (TPSA) is 75.6 Å². The fourth-order valence-corrected chi connectivity index (χ4v) is 1.65. The number of ether oxygens (including phenoxy) is 1. The highest BCUT2D eigenvalue weighted by molar-refractivity contribution is 5.79. The summed E-state index contributed by atoms with van der Waals surface area (Å²) in [4.78, 5) is 21.6. The molecule has 5 heteroatoms. The van der Waals surface area contributed by atoms with Gasteiger partial charge in [0, 0.05) is 24.6 Å². The Morgan fingerprint density at radius 3 is 2.80 bits per heavy atom. The van der Waals surface area contributed by atoms with Crippen LogP contribution in [-0.2, 0) is 4.79 Å². The van der Waals surface area contributed by atoms with Gasteiger partial charge in [0.05, 0.1) is 6.61 Å². The maximum absolute atomic E-state index is 10.9. The van der Waals surface area contributed by atoms with E-state index in [1.165, 1.54) is 13.0 Å². The van der Waals surface area contributed by atoms with Gasteiger partial charge in [0.25, 0.3) is 0 Å². The van der Waals surface area contributed by atoms with E-state index in [0.717, 1.165) is 0 Å². The number of nitrogens with one attached hydrogen (secondary N) is 1. The van der Waals surface area contributed by atoms with Gasteiger partial charge in [-0.2, -0.15) is 0 Å². The highest BCUT2D eigenvalue weighted by atomic mass is 16.5. The predicted molar refractivity (Wildman–Crippen MR) is 77.0 cm³/mol. The van der Waals surface area contributed by atoms with Gasteiger partial charge in [0.1, 0.15) is 6.29 Å². The molecule has 0 radical (unpaired) electrons. The van der Waals surface area contributed by atoms with Crippen LogP contribution in [0, 0.1) is 0 Å². The second-order valence-electron chi connectivity index (χ2n) is 4.18. The summed E-state index contributed by atoms with van der Waals surface area (Å²) in [5.41, 5.74) is 0.952. The molecule has 0 saturated heterocycles. The lowest BCUT2D eigenvalue weighted by atomic mass is 10.1. The Balaban J connectivity index is 2.82. The first-order valence-electron chi connectivity index (χ1n) is 6.44. The number of phenols is 1. The van der Waals surface area contributed by atoms with Crippen LogP contribution < -0.4 is 10.1 Å². The fraction of sp³-hybridized carbons (Fsp3) is 0.333. The minimum atomic E-state index is -0.0807. The van der Waals surface area contributed by atoms with Crippen molar-refractivity contribution in [3.63, 3.8) is 0 Å². The van der Waals surface area contributed by atoms with Gasteiger partial charge in [-0.25, -0.2) is 0 Å². The molecular weight excluding hydrogens is 258 g/mol. The predicted octanol–water partition coefficient (Wildman–Crippen LogP) is 2.14. The van der Waals surface area contributed by atoms with Crippen molar-refractivity contribution in [2.75, 3.05) is 13.2 Å². The molecule has 108 valence electrons. The number of carbonyl (C=O) groups is 2. The fourth-order valence-electron chi connectivity index (χ4n) is 1.65. The van der Waals surface area contributed by atoms with Crippen LogP contribution in [0.25, 0.3) is 6.08 Å². The van der Waals surface area contributed by atoms with Crippen molar-refractivity contribution in [1.82, 2.24) is 5.32 Å². The maximum atomic E-state index is 10.9. The Morgan fingerprint density at radius 1 is 1.45 bits per heavy atom. The van der Waals surface area contributed by atoms with Crippen LogP contribution in [0.15, 0.2) is 18.2 Å².